The highest BCUT2D eigenvalue weighted by Crippen LogP contribution is 2.26. The summed E-state index contributed by atoms with van der Waals surface area (Å²) in [5.74, 6) is -1.08. The van der Waals surface area contributed by atoms with Gasteiger partial charge in [0.2, 0.25) is 0 Å². The minimum atomic E-state index is -3.82. The molecule has 28 heavy (non-hydrogen) atoms. The molecular formula is C20H20FN3O3S. The van der Waals surface area contributed by atoms with Crippen molar-refractivity contribution in [3.8, 4) is 6.19 Å². The Kier molecular flexibility index (Phi) is 5.66. The van der Waals surface area contributed by atoms with E-state index in [1.807, 2.05) is 0 Å². The van der Waals surface area contributed by atoms with Gasteiger partial charge in [-0.25, -0.2) is 12.8 Å². The Bertz CT molecular complexity index is 1020. The Morgan fingerprint density at radius 3 is 2.61 bits per heavy atom. The molecule has 1 fully saturated rings. The van der Waals surface area contributed by atoms with Crippen LogP contribution in [0.4, 0.5) is 10.1 Å². The summed E-state index contributed by atoms with van der Waals surface area (Å²) in [6, 6.07) is 11.7. The third-order valence-corrected chi connectivity index (χ3v) is 6.72. The van der Waals surface area contributed by atoms with E-state index in [1.54, 1.807) is 23.1 Å². The summed E-state index contributed by atoms with van der Waals surface area (Å²) in [5.41, 5.74) is 0.0686. The van der Waals surface area contributed by atoms with Crippen molar-refractivity contribution < 1.29 is 17.6 Å². The Morgan fingerprint density at radius 1 is 1.29 bits per heavy atom. The molecule has 0 saturated carbocycles. The number of nitriles is 1. The zero-order valence-corrected chi connectivity index (χ0v) is 16.2. The first-order valence-corrected chi connectivity index (χ1v) is 10.3. The number of nitrogens with zero attached hydrogens (tertiary/aromatic N) is 3. The van der Waals surface area contributed by atoms with Crippen LogP contribution < -0.4 is 4.31 Å². The molecule has 0 spiro atoms. The lowest BCUT2D eigenvalue weighted by molar-refractivity contribution is 0.0959. The molecule has 0 radical (unpaired) electrons. The van der Waals surface area contributed by atoms with Gasteiger partial charge in [0.15, 0.2) is 12.0 Å². The normalized spacial score (nSPS) is 16.6. The van der Waals surface area contributed by atoms with E-state index in [2.05, 4.69) is 6.19 Å². The zero-order valence-electron chi connectivity index (χ0n) is 15.4. The Hall–Kier alpha value is -2.92. The van der Waals surface area contributed by atoms with Crippen molar-refractivity contribution in [2.24, 2.45) is 5.92 Å². The molecule has 1 saturated heterocycles. The van der Waals surface area contributed by atoms with Gasteiger partial charge in [-0.1, -0.05) is 18.2 Å². The molecule has 6 nitrogen and oxygen atoms in total. The largest absolute Gasteiger partial charge is 0.310 e. The molecular weight excluding hydrogens is 381 g/mol. The zero-order chi connectivity index (χ0) is 20.3. The molecule has 2 aromatic carbocycles. The summed E-state index contributed by atoms with van der Waals surface area (Å²) >= 11 is 0. The number of likely N-dealkylation sites (tertiary alicyclic amines) is 1. The summed E-state index contributed by atoms with van der Waals surface area (Å²) in [5, 5.41) is 8.89. The number of sulfonamides is 1. The van der Waals surface area contributed by atoms with E-state index in [4.69, 9.17) is 5.26 Å². The van der Waals surface area contributed by atoms with Gasteiger partial charge in [-0.05, 0) is 42.7 Å². The van der Waals surface area contributed by atoms with E-state index >= 15 is 0 Å². The van der Waals surface area contributed by atoms with Gasteiger partial charge in [-0.15, -0.1) is 0 Å². The fourth-order valence-electron chi connectivity index (χ4n) is 3.28. The second-order valence-electron chi connectivity index (χ2n) is 6.78. The molecule has 146 valence electrons. The van der Waals surface area contributed by atoms with Crippen LogP contribution in [0.15, 0.2) is 53.4 Å². The number of halogens is 1. The van der Waals surface area contributed by atoms with Gasteiger partial charge in [0.1, 0.15) is 5.82 Å². The van der Waals surface area contributed by atoms with Crippen molar-refractivity contribution in [1.82, 2.24) is 4.90 Å². The van der Waals surface area contributed by atoms with Crippen LogP contribution >= 0.6 is 0 Å². The van der Waals surface area contributed by atoms with Crippen LogP contribution in [-0.4, -0.2) is 39.2 Å². The molecule has 1 aliphatic heterocycles. The molecule has 0 amide bonds. The SMILES string of the molecule is CN(c1ccc(C(=O)C[C@@H]2CCN(C#N)C2)c(F)c1)S(=O)(=O)c1ccccc1. The van der Waals surface area contributed by atoms with E-state index in [0.717, 1.165) is 16.8 Å². The van der Waals surface area contributed by atoms with E-state index in [0.29, 0.717) is 13.1 Å². The standard InChI is InChI=1S/C20H20FN3O3S/c1-23(28(26,27)17-5-3-2-4-6-17)16-7-8-18(19(21)12-16)20(25)11-15-9-10-24(13-15)14-22/h2-8,12,15H,9-11,13H2,1H3/t15-/m0/s1. The van der Waals surface area contributed by atoms with Crippen LogP contribution in [0.1, 0.15) is 23.2 Å². The molecule has 0 aromatic heterocycles. The van der Waals surface area contributed by atoms with Gasteiger partial charge < -0.3 is 4.90 Å². The highest BCUT2D eigenvalue weighted by atomic mass is 32.2. The van der Waals surface area contributed by atoms with Crippen LogP contribution in [0.2, 0.25) is 0 Å². The lowest BCUT2D eigenvalue weighted by atomic mass is 9.97. The fourth-order valence-corrected chi connectivity index (χ4v) is 4.49. The van der Waals surface area contributed by atoms with Gasteiger partial charge in [0.25, 0.3) is 10.0 Å². The average Bonchev–Trinajstić information content (AvgIpc) is 3.15. The summed E-state index contributed by atoms with van der Waals surface area (Å²) < 4.78 is 40.9. The number of anilines is 1. The van der Waals surface area contributed by atoms with E-state index in [9.17, 15) is 17.6 Å². The molecule has 0 unspecified atom stereocenters. The monoisotopic (exact) mass is 401 g/mol. The number of carbonyl (C=O) groups excluding carboxylic acids is 1. The van der Waals surface area contributed by atoms with E-state index in [1.165, 1.54) is 31.3 Å². The molecule has 0 N–H and O–H groups in total. The molecule has 1 heterocycles. The smallest absolute Gasteiger partial charge is 0.264 e. The van der Waals surface area contributed by atoms with Gasteiger partial charge in [-0.3, -0.25) is 9.10 Å². The highest BCUT2D eigenvalue weighted by molar-refractivity contribution is 7.92. The van der Waals surface area contributed by atoms with Crippen molar-refractivity contribution in [3.05, 3.63) is 59.9 Å². The molecule has 8 heteroatoms. The Balaban J connectivity index is 1.77. The minimum Gasteiger partial charge on any atom is -0.310 e. The quantitative estimate of drug-likeness (QED) is 0.549. The molecule has 0 aliphatic carbocycles. The Labute approximate surface area is 163 Å². The lowest BCUT2D eigenvalue weighted by Crippen LogP contribution is -2.26. The molecule has 1 aliphatic rings. The number of Topliss-reactive ketones (excluding diaryl/α,β-unsaturated/α-hetero) is 1. The maximum absolute atomic E-state index is 14.6. The molecule has 3 rings (SSSR count). The summed E-state index contributed by atoms with van der Waals surface area (Å²) in [4.78, 5) is 14.1. The number of hydrogen-bond acceptors (Lipinski definition) is 5. The first kappa shape index (κ1) is 19.8. The lowest BCUT2D eigenvalue weighted by Gasteiger charge is -2.20. The van der Waals surface area contributed by atoms with Crippen LogP contribution in [-0.2, 0) is 10.0 Å². The van der Waals surface area contributed by atoms with Crippen LogP contribution in [0.5, 0.6) is 0 Å². The van der Waals surface area contributed by atoms with E-state index < -0.39 is 15.8 Å². The van der Waals surface area contributed by atoms with Crippen molar-refractivity contribution in [3.63, 3.8) is 0 Å². The predicted octanol–water partition coefficient (Wildman–Crippen LogP) is 3.03. The van der Waals surface area contributed by atoms with Crippen LogP contribution in [0.25, 0.3) is 0 Å². The maximum atomic E-state index is 14.6. The second-order valence-corrected chi connectivity index (χ2v) is 8.75. The fraction of sp³-hybridized carbons (Fsp3) is 0.300. The first-order chi connectivity index (χ1) is 13.3. The maximum Gasteiger partial charge on any atom is 0.264 e. The van der Waals surface area contributed by atoms with Crippen molar-refractivity contribution >= 4 is 21.5 Å². The minimum absolute atomic E-state index is 0.0207. The summed E-state index contributed by atoms with van der Waals surface area (Å²) in [6.45, 7) is 1.11. The number of rotatable bonds is 6. The van der Waals surface area contributed by atoms with Crippen molar-refractivity contribution in [1.29, 1.82) is 5.26 Å². The molecule has 2 aromatic rings. The third kappa shape index (κ3) is 3.99. The van der Waals surface area contributed by atoms with Crippen molar-refractivity contribution in [2.75, 3.05) is 24.4 Å². The third-order valence-electron chi connectivity index (χ3n) is 4.92. The van der Waals surface area contributed by atoms with E-state index in [-0.39, 0.29) is 34.3 Å². The van der Waals surface area contributed by atoms with Crippen LogP contribution in [0, 0.1) is 23.2 Å². The van der Waals surface area contributed by atoms with Gasteiger partial charge in [0.05, 0.1) is 16.1 Å². The second kappa shape index (κ2) is 7.98. The number of benzene rings is 2. The van der Waals surface area contributed by atoms with Crippen molar-refractivity contribution in [2.45, 2.75) is 17.7 Å². The first-order valence-electron chi connectivity index (χ1n) is 8.84. The number of carbonyl (C=O) groups is 1. The number of ketones is 1. The Morgan fingerprint density at radius 2 is 2.00 bits per heavy atom. The number of hydrogen-bond donors (Lipinski definition) is 0. The van der Waals surface area contributed by atoms with Gasteiger partial charge in [-0.2, -0.15) is 5.26 Å². The van der Waals surface area contributed by atoms with Crippen LogP contribution in [0.3, 0.4) is 0 Å². The van der Waals surface area contributed by atoms with Gasteiger partial charge >= 0.3 is 0 Å². The van der Waals surface area contributed by atoms with Gasteiger partial charge in [0, 0.05) is 26.6 Å². The highest BCUT2D eigenvalue weighted by Gasteiger charge is 2.26. The molecule has 0 bridgehead atoms. The molecule has 1 atom stereocenters. The predicted molar refractivity (Wildman–Crippen MR) is 103 cm³/mol. The summed E-state index contributed by atoms with van der Waals surface area (Å²) in [6.07, 6.45) is 2.93. The summed E-state index contributed by atoms with van der Waals surface area (Å²) in [7, 11) is -2.48. The average molecular weight is 401 g/mol. The topological polar surface area (TPSA) is 81.5 Å².